The van der Waals surface area contributed by atoms with Crippen LogP contribution in [0.15, 0.2) is 22.9 Å². The maximum absolute atomic E-state index is 5.77. The zero-order valence-electron chi connectivity index (χ0n) is 9.06. The Bertz CT molecular complexity index is 504. The van der Waals surface area contributed by atoms with E-state index in [4.69, 9.17) is 16.1 Å². The largest absolute Gasteiger partial charge is 0.337 e. The molecule has 2 aromatic heterocycles. The van der Waals surface area contributed by atoms with Gasteiger partial charge in [0, 0.05) is 6.20 Å². The van der Waals surface area contributed by atoms with Crippen LogP contribution >= 0.6 is 11.6 Å². The summed E-state index contributed by atoms with van der Waals surface area (Å²) in [6.45, 7) is 1.00. The van der Waals surface area contributed by atoms with Gasteiger partial charge in [0.25, 0.3) is 0 Å². The van der Waals surface area contributed by atoms with Crippen molar-refractivity contribution in [2.24, 2.45) is 0 Å². The number of hydrogen-bond donors (Lipinski definition) is 1. The number of nitrogens with zero attached hydrogens (tertiary/aromatic N) is 3. The number of rotatable bonds is 2. The van der Waals surface area contributed by atoms with Crippen LogP contribution in [0.2, 0.25) is 5.02 Å². The van der Waals surface area contributed by atoms with Gasteiger partial charge in [-0.1, -0.05) is 16.8 Å². The molecule has 5 nitrogen and oxygen atoms in total. The second-order valence-corrected chi connectivity index (χ2v) is 4.40. The van der Waals surface area contributed by atoms with Crippen LogP contribution < -0.4 is 5.32 Å². The normalized spacial score (nSPS) is 19.7. The Morgan fingerprint density at radius 1 is 1.41 bits per heavy atom. The molecule has 17 heavy (non-hydrogen) atoms. The molecule has 0 unspecified atom stereocenters. The van der Waals surface area contributed by atoms with Crippen LogP contribution in [-0.4, -0.2) is 21.7 Å². The third-order valence-corrected chi connectivity index (χ3v) is 2.98. The first-order chi connectivity index (χ1) is 8.33. The number of aromatic nitrogens is 3. The van der Waals surface area contributed by atoms with Crippen LogP contribution in [0.4, 0.5) is 0 Å². The standard InChI is InChI=1S/C11H11ClN4O/c12-7-3-4-8(14-6-7)10-15-11(17-16-10)9-2-1-5-13-9/h3-4,6,9,13H,1-2,5H2/t9-/m0/s1. The Morgan fingerprint density at radius 3 is 3.06 bits per heavy atom. The predicted molar refractivity (Wildman–Crippen MR) is 62.5 cm³/mol. The average molecular weight is 251 g/mol. The highest BCUT2D eigenvalue weighted by Crippen LogP contribution is 2.23. The highest BCUT2D eigenvalue weighted by atomic mass is 35.5. The van der Waals surface area contributed by atoms with Gasteiger partial charge in [-0.15, -0.1) is 0 Å². The first kappa shape index (κ1) is 10.7. The first-order valence-corrected chi connectivity index (χ1v) is 5.89. The van der Waals surface area contributed by atoms with Crippen molar-refractivity contribution in [1.82, 2.24) is 20.4 Å². The van der Waals surface area contributed by atoms with Crippen LogP contribution in [0, 0.1) is 0 Å². The topological polar surface area (TPSA) is 63.8 Å². The quantitative estimate of drug-likeness (QED) is 0.885. The Balaban J connectivity index is 1.86. The molecule has 0 amide bonds. The van der Waals surface area contributed by atoms with Gasteiger partial charge in [0.2, 0.25) is 11.7 Å². The second-order valence-electron chi connectivity index (χ2n) is 3.97. The van der Waals surface area contributed by atoms with Crippen molar-refractivity contribution in [1.29, 1.82) is 0 Å². The van der Waals surface area contributed by atoms with Gasteiger partial charge in [0.05, 0.1) is 11.1 Å². The van der Waals surface area contributed by atoms with Crippen LogP contribution in [0.1, 0.15) is 24.8 Å². The Labute approximate surface area is 103 Å². The van der Waals surface area contributed by atoms with Gasteiger partial charge in [-0.2, -0.15) is 4.98 Å². The van der Waals surface area contributed by atoms with E-state index in [1.54, 1.807) is 18.3 Å². The SMILES string of the molecule is Clc1ccc(-c2noc([C@@H]3CCCN3)n2)nc1. The van der Waals surface area contributed by atoms with Crippen LogP contribution in [0.3, 0.4) is 0 Å². The molecule has 0 saturated carbocycles. The molecule has 1 aliphatic heterocycles. The molecule has 2 aromatic rings. The maximum Gasteiger partial charge on any atom is 0.244 e. The lowest BCUT2D eigenvalue weighted by atomic mass is 10.2. The number of halogens is 1. The zero-order chi connectivity index (χ0) is 11.7. The summed E-state index contributed by atoms with van der Waals surface area (Å²) < 4.78 is 5.24. The van der Waals surface area contributed by atoms with Gasteiger partial charge < -0.3 is 9.84 Å². The lowest BCUT2D eigenvalue weighted by Gasteiger charge is -2.01. The summed E-state index contributed by atoms with van der Waals surface area (Å²) in [5.41, 5.74) is 0.669. The van der Waals surface area contributed by atoms with E-state index in [9.17, 15) is 0 Å². The average Bonchev–Trinajstić information content (AvgIpc) is 3.00. The van der Waals surface area contributed by atoms with Crippen molar-refractivity contribution >= 4 is 11.6 Å². The number of nitrogens with one attached hydrogen (secondary N) is 1. The van der Waals surface area contributed by atoms with Crippen molar-refractivity contribution in [2.45, 2.75) is 18.9 Å². The summed E-state index contributed by atoms with van der Waals surface area (Å²) in [6.07, 6.45) is 3.75. The Hall–Kier alpha value is -1.46. The smallest absolute Gasteiger partial charge is 0.244 e. The molecule has 0 bridgehead atoms. The molecule has 3 rings (SSSR count). The molecule has 0 aromatic carbocycles. The van der Waals surface area contributed by atoms with E-state index in [1.807, 2.05) is 0 Å². The van der Waals surface area contributed by atoms with Gasteiger partial charge >= 0.3 is 0 Å². The van der Waals surface area contributed by atoms with E-state index in [0.29, 0.717) is 22.4 Å². The van der Waals surface area contributed by atoms with Crippen molar-refractivity contribution in [3.8, 4) is 11.5 Å². The predicted octanol–water partition coefficient (Wildman–Crippen LogP) is 2.21. The third-order valence-electron chi connectivity index (χ3n) is 2.76. The second kappa shape index (κ2) is 4.43. The van der Waals surface area contributed by atoms with Crippen LogP contribution in [0.5, 0.6) is 0 Å². The van der Waals surface area contributed by atoms with Crippen molar-refractivity contribution in [2.75, 3.05) is 6.54 Å². The molecule has 1 aliphatic rings. The van der Waals surface area contributed by atoms with Crippen molar-refractivity contribution < 1.29 is 4.52 Å². The molecule has 0 spiro atoms. The lowest BCUT2D eigenvalue weighted by molar-refractivity contribution is 0.345. The summed E-state index contributed by atoms with van der Waals surface area (Å²) in [4.78, 5) is 8.50. The highest BCUT2D eigenvalue weighted by molar-refractivity contribution is 6.30. The summed E-state index contributed by atoms with van der Waals surface area (Å²) in [7, 11) is 0. The van der Waals surface area contributed by atoms with Crippen LogP contribution in [-0.2, 0) is 0 Å². The molecule has 0 radical (unpaired) electrons. The van der Waals surface area contributed by atoms with Gasteiger partial charge in [-0.3, -0.25) is 4.98 Å². The summed E-state index contributed by atoms with van der Waals surface area (Å²) in [5.74, 6) is 1.14. The minimum atomic E-state index is 0.184. The molecule has 6 heteroatoms. The minimum absolute atomic E-state index is 0.184. The minimum Gasteiger partial charge on any atom is -0.337 e. The van der Waals surface area contributed by atoms with E-state index in [2.05, 4.69) is 20.4 Å². The Morgan fingerprint density at radius 2 is 2.35 bits per heavy atom. The van der Waals surface area contributed by atoms with E-state index in [1.165, 1.54) is 0 Å². The maximum atomic E-state index is 5.77. The van der Waals surface area contributed by atoms with Gasteiger partial charge in [0.15, 0.2) is 0 Å². The fourth-order valence-corrected chi connectivity index (χ4v) is 2.00. The van der Waals surface area contributed by atoms with E-state index < -0.39 is 0 Å². The molecule has 88 valence electrons. The van der Waals surface area contributed by atoms with Crippen molar-refractivity contribution in [3.63, 3.8) is 0 Å². The molecular weight excluding hydrogens is 240 g/mol. The first-order valence-electron chi connectivity index (χ1n) is 5.52. The van der Waals surface area contributed by atoms with E-state index in [-0.39, 0.29) is 6.04 Å². The van der Waals surface area contributed by atoms with Gasteiger partial charge in [-0.25, -0.2) is 0 Å². The van der Waals surface area contributed by atoms with Gasteiger partial charge in [0.1, 0.15) is 5.69 Å². The fourth-order valence-electron chi connectivity index (χ4n) is 1.88. The van der Waals surface area contributed by atoms with Gasteiger partial charge in [-0.05, 0) is 31.5 Å². The lowest BCUT2D eigenvalue weighted by Crippen LogP contribution is -2.12. The molecule has 1 fully saturated rings. The summed E-state index contributed by atoms with van der Waals surface area (Å²) in [5, 5.41) is 7.83. The van der Waals surface area contributed by atoms with E-state index >= 15 is 0 Å². The molecule has 1 saturated heterocycles. The van der Waals surface area contributed by atoms with E-state index in [0.717, 1.165) is 19.4 Å². The van der Waals surface area contributed by atoms with Crippen molar-refractivity contribution in [3.05, 3.63) is 29.2 Å². The number of hydrogen-bond acceptors (Lipinski definition) is 5. The molecule has 1 N–H and O–H groups in total. The molecular formula is C11H11ClN4O. The fraction of sp³-hybridized carbons (Fsp3) is 0.364. The Kier molecular flexibility index (Phi) is 2.78. The zero-order valence-corrected chi connectivity index (χ0v) is 9.81. The summed E-state index contributed by atoms with van der Waals surface area (Å²) >= 11 is 5.77. The molecule has 3 heterocycles. The van der Waals surface area contributed by atoms with Crippen LogP contribution in [0.25, 0.3) is 11.5 Å². The monoisotopic (exact) mass is 250 g/mol. The summed E-state index contributed by atoms with van der Waals surface area (Å²) in [6, 6.07) is 3.72. The number of pyridine rings is 1. The third kappa shape index (κ3) is 2.16. The highest BCUT2D eigenvalue weighted by Gasteiger charge is 2.22. The molecule has 0 aliphatic carbocycles. The molecule has 1 atom stereocenters.